The number of ether oxygens (including phenoxy) is 2. The van der Waals surface area contributed by atoms with Gasteiger partial charge in [0.2, 0.25) is 0 Å². The van der Waals surface area contributed by atoms with Crippen molar-refractivity contribution >= 4 is 5.97 Å². The Morgan fingerprint density at radius 3 is 2.71 bits per heavy atom. The van der Waals surface area contributed by atoms with Crippen molar-refractivity contribution in [3.05, 3.63) is 12.2 Å². The van der Waals surface area contributed by atoms with Crippen LogP contribution in [0, 0.1) is 5.92 Å². The van der Waals surface area contributed by atoms with Crippen molar-refractivity contribution in [3.63, 3.8) is 0 Å². The molecular weight excluding hydrogens is 180 g/mol. The zero-order valence-corrected chi connectivity index (χ0v) is 8.66. The summed E-state index contributed by atoms with van der Waals surface area (Å²) in [5, 5.41) is 0. The van der Waals surface area contributed by atoms with Crippen LogP contribution in [0.5, 0.6) is 0 Å². The monoisotopic (exact) mass is 196 g/mol. The Bertz CT molecular complexity index is 272. The van der Waals surface area contributed by atoms with E-state index >= 15 is 0 Å². The van der Waals surface area contributed by atoms with Crippen LogP contribution < -0.4 is 0 Å². The number of esters is 1. The largest absolute Gasteiger partial charge is 0.459 e. The third kappa shape index (κ3) is 1.82. The molecular formula is C11H16O3. The summed E-state index contributed by atoms with van der Waals surface area (Å²) in [4.78, 5) is 11.3. The summed E-state index contributed by atoms with van der Waals surface area (Å²) in [6, 6.07) is 0. The lowest BCUT2D eigenvalue weighted by molar-refractivity contribution is -0.147. The summed E-state index contributed by atoms with van der Waals surface area (Å²) < 4.78 is 10.8. The van der Waals surface area contributed by atoms with Crippen molar-refractivity contribution in [2.75, 3.05) is 0 Å². The minimum atomic E-state index is -0.277. The van der Waals surface area contributed by atoms with Crippen LogP contribution >= 0.6 is 0 Å². The molecule has 0 aromatic carbocycles. The topological polar surface area (TPSA) is 38.8 Å². The van der Waals surface area contributed by atoms with Crippen LogP contribution in [0.25, 0.3) is 0 Å². The van der Waals surface area contributed by atoms with Crippen LogP contribution in [0.4, 0.5) is 0 Å². The summed E-state index contributed by atoms with van der Waals surface area (Å²) in [6.45, 7) is 7.35. The number of epoxide rings is 1. The Morgan fingerprint density at radius 2 is 2.07 bits per heavy atom. The number of rotatable bonds is 2. The SMILES string of the molecule is C=C(C)C(=O)OC1CC2OC2CC1C. The van der Waals surface area contributed by atoms with Crippen LogP contribution in [0.2, 0.25) is 0 Å². The predicted octanol–water partition coefficient (Wildman–Crippen LogP) is 1.67. The molecule has 0 radical (unpaired) electrons. The van der Waals surface area contributed by atoms with E-state index in [9.17, 15) is 4.79 Å². The van der Waals surface area contributed by atoms with Gasteiger partial charge in [0.15, 0.2) is 0 Å². The van der Waals surface area contributed by atoms with Gasteiger partial charge in [-0.15, -0.1) is 0 Å². The smallest absolute Gasteiger partial charge is 0.333 e. The third-order valence-electron chi connectivity index (χ3n) is 3.00. The summed E-state index contributed by atoms with van der Waals surface area (Å²) in [5.74, 6) is 0.128. The molecule has 0 bridgehead atoms. The fourth-order valence-electron chi connectivity index (χ4n) is 1.98. The maximum absolute atomic E-state index is 11.3. The molecule has 2 fully saturated rings. The molecule has 3 nitrogen and oxygen atoms in total. The van der Waals surface area contributed by atoms with E-state index in [1.807, 2.05) is 0 Å². The van der Waals surface area contributed by atoms with E-state index in [4.69, 9.17) is 9.47 Å². The molecule has 4 atom stereocenters. The van der Waals surface area contributed by atoms with E-state index in [1.165, 1.54) is 0 Å². The fourth-order valence-corrected chi connectivity index (χ4v) is 1.98. The van der Waals surface area contributed by atoms with E-state index < -0.39 is 0 Å². The molecule has 2 aliphatic rings. The van der Waals surface area contributed by atoms with Gasteiger partial charge in [0.1, 0.15) is 6.10 Å². The van der Waals surface area contributed by atoms with E-state index in [0.29, 0.717) is 23.7 Å². The number of hydrogen-bond acceptors (Lipinski definition) is 3. The Balaban J connectivity index is 1.90. The van der Waals surface area contributed by atoms with Gasteiger partial charge in [0, 0.05) is 12.0 Å². The average molecular weight is 196 g/mol. The van der Waals surface area contributed by atoms with Gasteiger partial charge in [-0.25, -0.2) is 4.79 Å². The van der Waals surface area contributed by atoms with E-state index in [2.05, 4.69) is 13.5 Å². The highest BCUT2D eigenvalue weighted by atomic mass is 16.6. The van der Waals surface area contributed by atoms with Crippen LogP contribution in [0.3, 0.4) is 0 Å². The zero-order valence-electron chi connectivity index (χ0n) is 8.66. The lowest BCUT2D eigenvalue weighted by atomic mass is 9.88. The van der Waals surface area contributed by atoms with Gasteiger partial charge in [-0.2, -0.15) is 0 Å². The molecule has 0 N–H and O–H groups in total. The van der Waals surface area contributed by atoms with Crippen LogP contribution in [-0.2, 0) is 14.3 Å². The van der Waals surface area contributed by atoms with Gasteiger partial charge in [0.05, 0.1) is 12.2 Å². The van der Waals surface area contributed by atoms with Crippen molar-refractivity contribution in [3.8, 4) is 0 Å². The Morgan fingerprint density at radius 1 is 1.43 bits per heavy atom. The van der Waals surface area contributed by atoms with Gasteiger partial charge in [-0.3, -0.25) is 0 Å². The van der Waals surface area contributed by atoms with Crippen molar-refractivity contribution in [1.29, 1.82) is 0 Å². The highest BCUT2D eigenvalue weighted by molar-refractivity contribution is 5.87. The highest BCUT2D eigenvalue weighted by Crippen LogP contribution is 2.40. The molecule has 1 heterocycles. The van der Waals surface area contributed by atoms with Gasteiger partial charge in [-0.1, -0.05) is 13.5 Å². The molecule has 1 saturated carbocycles. The average Bonchev–Trinajstić information content (AvgIpc) is 2.82. The number of fused-ring (bicyclic) bond motifs is 1. The zero-order chi connectivity index (χ0) is 10.3. The summed E-state index contributed by atoms with van der Waals surface area (Å²) in [5.41, 5.74) is 0.469. The van der Waals surface area contributed by atoms with Gasteiger partial charge in [0.25, 0.3) is 0 Å². The first-order valence-corrected chi connectivity index (χ1v) is 5.10. The lowest BCUT2D eigenvalue weighted by Gasteiger charge is -2.26. The minimum absolute atomic E-state index is 0.0166. The van der Waals surface area contributed by atoms with Crippen molar-refractivity contribution in [2.45, 2.75) is 45.0 Å². The lowest BCUT2D eigenvalue weighted by Crippen LogP contribution is -2.31. The Labute approximate surface area is 84.1 Å². The standard InChI is InChI=1S/C11H16O3/c1-6(2)11(12)14-8-5-10-9(13-10)4-7(8)3/h7-10H,1,4-5H2,2-3H3. The van der Waals surface area contributed by atoms with Crippen LogP contribution in [0.15, 0.2) is 12.2 Å². The van der Waals surface area contributed by atoms with Crippen LogP contribution in [0.1, 0.15) is 26.7 Å². The fraction of sp³-hybridized carbons (Fsp3) is 0.727. The first-order chi connectivity index (χ1) is 6.58. The maximum Gasteiger partial charge on any atom is 0.333 e. The summed E-state index contributed by atoms with van der Waals surface area (Å²) >= 11 is 0. The second-order valence-corrected chi connectivity index (χ2v) is 4.39. The number of carbonyl (C=O) groups is 1. The second-order valence-electron chi connectivity index (χ2n) is 4.39. The highest BCUT2D eigenvalue weighted by Gasteiger charge is 2.48. The quantitative estimate of drug-likeness (QED) is 0.383. The molecule has 0 aromatic rings. The number of hydrogen-bond donors (Lipinski definition) is 0. The molecule has 0 amide bonds. The molecule has 1 saturated heterocycles. The van der Waals surface area contributed by atoms with E-state index in [0.717, 1.165) is 12.8 Å². The molecule has 0 aromatic heterocycles. The normalized spacial score (nSPS) is 39.9. The summed E-state index contributed by atoms with van der Waals surface area (Å²) in [6.07, 6.45) is 2.66. The van der Waals surface area contributed by atoms with Crippen LogP contribution in [-0.4, -0.2) is 24.3 Å². The molecule has 14 heavy (non-hydrogen) atoms. The van der Waals surface area contributed by atoms with E-state index in [1.54, 1.807) is 6.92 Å². The molecule has 2 rings (SSSR count). The van der Waals surface area contributed by atoms with Crippen molar-refractivity contribution in [2.24, 2.45) is 5.92 Å². The molecule has 4 unspecified atom stereocenters. The minimum Gasteiger partial charge on any atom is -0.459 e. The third-order valence-corrected chi connectivity index (χ3v) is 3.00. The van der Waals surface area contributed by atoms with Gasteiger partial charge in [-0.05, 0) is 19.3 Å². The van der Waals surface area contributed by atoms with Crippen molar-refractivity contribution < 1.29 is 14.3 Å². The second kappa shape index (κ2) is 3.39. The Hall–Kier alpha value is -0.830. The van der Waals surface area contributed by atoms with E-state index in [-0.39, 0.29) is 12.1 Å². The maximum atomic E-state index is 11.3. The Kier molecular flexibility index (Phi) is 2.35. The first-order valence-electron chi connectivity index (χ1n) is 5.10. The molecule has 1 aliphatic heterocycles. The van der Waals surface area contributed by atoms with Gasteiger partial charge >= 0.3 is 5.97 Å². The van der Waals surface area contributed by atoms with Gasteiger partial charge < -0.3 is 9.47 Å². The molecule has 0 spiro atoms. The molecule has 3 heteroatoms. The summed E-state index contributed by atoms with van der Waals surface area (Å²) in [7, 11) is 0. The first kappa shape index (κ1) is 9.71. The predicted molar refractivity (Wildman–Crippen MR) is 51.8 cm³/mol. The van der Waals surface area contributed by atoms with Crippen molar-refractivity contribution in [1.82, 2.24) is 0 Å². The molecule has 1 aliphatic carbocycles. The molecule has 78 valence electrons. The number of carbonyl (C=O) groups excluding carboxylic acids is 1.